The van der Waals surface area contributed by atoms with Crippen molar-refractivity contribution in [3.05, 3.63) is 48.0 Å². The van der Waals surface area contributed by atoms with Gasteiger partial charge < -0.3 is 5.32 Å². The summed E-state index contributed by atoms with van der Waals surface area (Å²) in [6.07, 6.45) is 3.00. The molecule has 8 nitrogen and oxygen atoms in total. The minimum absolute atomic E-state index is 0.202. The third-order valence-corrected chi connectivity index (χ3v) is 2.81. The number of aromatic nitrogens is 6. The van der Waals surface area contributed by atoms with Gasteiger partial charge in [0.05, 0.1) is 17.4 Å². The number of hydrogen-bond acceptors (Lipinski definition) is 5. The quantitative estimate of drug-likeness (QED) is 0.737. The first-order chi connectivity index (χ1) is 9.74. The molecule has 1 amide bonds. The van der Waals surface area contributed by atoms with E-state index in [1.807, 2.05) is 12.1 Å². The molecule has 2 heterocycles. The summed E-state index contributed by atoms with van der Waals surface area (Å²) in [4.78, 5) is 12.0. The van der Waals surface area contributed by atoms with Crippen molar-refractivity contribution < 1.29 is 4.79 Å². The molecule has 0 unspecified atom stereocenters. The fourth-order valence-electron chi connectivity index (χ4n) is 1.76. The molecular formula is C12H11N7O. The van der Waals surface area contributed by atoms with Crippen molar-refractivity contribution in [2.45, 2.75) is 6.92 Å². The molecular weight excluding hydrogens is 258 g/mol. The summed E-state index contributed by atoms with van der Waals surface area (Å²) in [5.74, 6) is -0.202. The summed E-state index contributed by atoms with van der Waals surface area (Å²) in [6, 6.07) is 7.19. The Labute approximate surface area is 113 Å². The molecule has 2 N–H and O–H groups in total. The molecule has 0 saturated carbocycles. The van der Waals surface area contributed by atoms with Gasteiger partial charge in [-0.3, -0.25) is 9.89 Å². The molecule has 3 rings (SSSR count). The molecule has 100 valence electrons. The summed E-state index contributed by atoms with van der Waals surface area (Å²) >= 11 is 0. The van der Waals surface area contributed by atoms with E-state index < -0.39 is 0 Å². The third-order valence-electron chi connectivity index (χ3n) is 2.81. The maximum Gasteiger partial charge on any atom is 0.259 e. The van der Waals surface area contributed by atoms with Crippen LogP contribution >= 0.6 is 0 Å². The summed E-state index contributed by atoms with van der Waals surface area (Å²) in [6.45, 7) is 1.79. The van der Waals surface area contributed by atoms with Gasteiger partial charge >= 0.3 is 0 Å². The van der Waals surface area contributed by atoms with Crippen molar-refractivity contribution in [2.75, 3.05) is 5.32 Å². The number of tetrazole rings is 1. The number of carbonyl (C=O) groups excluding carboxylic acids is 1. The van der Waals surface area contributed by atoms with Gasteiger partial charge in [-0.25, -0.2) is 4.68 Å². The lowest BCUT2D eigenvalue weighted by Gasteiger charge is -2.05. The van der Waals surface area contributed by atoms with Crippen LogP contribution in [0.4, 0.5) is 5.69 Å². The standard InChI is InChI=1S/C12H11N7O/c1-8-11(6-13-16-8)12(20)15-9-2-4-10(5-3-9)19-7-14-17-18-19/h2-7H,1H3,(H,13,16)(H,15,20). The first-order valence-electron chi connectivity index (χ1n) is 5.89. The van der Waals surface area contributed by atoms with Gasteiger partial charge in [-0.2, -0.15) is 5.10 Å². The molecule has 0 spiro atoms. The van der Waals surface area contributed by atoms with E-state index in [0.717, 1.165) is 11.4 Å². The number of benzene rings is 1. The van der Waals surface area contributed by atoms with Crippen molar-refractivity contribution in [1.82, 2.24) is 30.4 Å². The van der Waals surface area contributed by atoms with E-state index in [1.165, 1.54) is 17.2 Å². The van der Waals surface area contributed by atoms with Gasteiger partial charge in [-0.15, -0.1) is 5.10 Å². The zero-order valence-corrected chi connectivity index (χ0v) is 10.6. The minimum Gasteiger partial charge on any atom is -0.322 e. The Morgan fingerprint density at radius 1 is 1.30 bits per heavy atom. The monoisotopic (exact) mass is 269 g/mol. The third kappa shape index (κ3) is 2.26. The van der Waals surface area contributed by atoms with E-state index >= 15 is 0 Å². The van der Waals surface area contributed by atoms with Crippen molar-refractivity contribution in [1.29, 1.82) is 0 Å². The number of carbonyl (C=O) groups is 1. The Morgan fingerprint density at radius 3 is 2.70 bits per heavy atom. The van der Waals surface area contributed by atoms with Crippen LogP contribution in [-0.4, -0.2) is 36.3 Å². The first kappa shape index (κ1) is 12.0. The molecule has 0 bridgehead atoms. The summed E-state index contributed by atoms with van der Waals surface area (Å²) in [7, 11) is 0. The number of nitrogens with one attached hydrogen (secondary N) is 2. The molecule has 3 aromatic rings. The molecule has 20 heavy (non-hydrogen) atoms. The average Bonchev–Trinajstić information content (AvgIpc) is 3.10. The van der Waals surface area contributed by atoms with E-state index in [9.17, 15) is 4.79 Å². The predicted octanol–water partition coefficient (Wildman–Crippen LogP) is 0.946. The molecule has 0 atom stereocenters. The Bertz CT molecular complexity index is 715. The lowest BCUT2D eigenvalue weighted by molar-refractivity contribution is 0.102. The molecule has 0 aliphatic heterocycles. The average molecular weight is 269 g/mol. The lowest BCUT2D eigenvalue weighted by Crippen LogP contribution is -2.12. The number of aromatic amines is 1. The number of rotatable bonds is 3. The zero-order chi connectivity index (χ0) is 13.9. The van der Waals surface area contributed by atoms with Gasteiger partial charge in [-0.1, -0.05) is 0 Å². The maximum atomic E-state index is 12.0. The molecule has 0 saturated heterocycles. The van der Waals surface area contributed by atoms with Crippen LogP contribution in [0.3, 0.4) is 0 Å². The van der Waals surface area contributed by atoms with E-state index in [-0.39, 0.29) is 5.91 Å². The predicted molar refractivity (Wildman–Crippen MR) is 70.4 cm³/mol. The van der Waals surface area contributed by atoms with E-state index in [1.54, 1.807) is 19.1 Å². The second kappa shape index (κ2) is 4.92. The maximum absolute atomic E-state index is 12.0. The van der Waals surface area contributed by atoms with Crippen molar-refractivity contribution in [3.63, 3.8) is 0 Å². The highest BCUT2D eigenvalue weighted by atomic mass is 16.1. The number of aryl methyl sites for hydroxylation is 1. The van der Waals surface area contributed by atoms with Crippen LogP contribution in [0, 0.1) is 6.92 Å². The van der Waals surface area contributed by atoms with Gasteiger partial charge in [0.1, 0.15) is 6.33 Å². The fourth-order valence-corrected chi connectivity index (χ4v) is 1.76. The Morgan fingerprint density at radius 2 is 2.10 bits per heavy atom. The highest BCUT2D eigenvalue weighted by molar-refractivity contribution is 6.04. The number of nitrogens with zero attached hydrogens (tertiary/aromatic N) is 5. The van der Waals surface area contributed by atoms with Gasteiger partial charge in [0.2, 0.25) is 0 Å². The van der Waals surface area contributed by atoms with Crippen LogP contribution in [0.2, 0.25) is 0 Å². The second-order valence-electron chi connectivity index (χ2n) is 4.16. The highest BCUT2D eigenvalue weighted by Crippen LogP contribution is 2.13. The topological polar surface area (TPSA) is 101 Å². The zero-order valence-electron chi connectivity index (χ0n) is 10.6. The molecule has 0 aliphatic carbocycles. The van der Waals surface area contributed by atoms with Gasteiger partial charge in [0.25, 0.3) is 5.91 Å². The van der Waals surface area contributed by atoms with Crippen LogP contribution in [0.15, 0.2) is 36.8 Å². The SMILES string of the molecule is Cc1[nH]ncc1C(=O)Nc1ccc(-n2cnnn2)cc1. The molecule has 1 aromatic carbocycles. The highest BCUT2D eigenvalue weighted by Gasteiger charge is 2.10. The fraction of sp³-hybridized carbons (Fsp3) is 0.0833. The molecule has 0 aliphatic rings. The normalized spacial score (nSPS) is 10.4. The first-order valence-corrected chi connectivity index (χ1v) is 5.89. The second-order valence-corrected chi connectivity index (χ2v) is 4.16. The summed E-state index contributed by atoms with van der Waals surface area (Å²) in [5.41, 5.74) is 2.75. The smallest absolute Gasteiger partial charge is 0.259 e. The van der Waals surface area contributed by atoms with Crippen LogP contribution in [0.1, 0.15) is 16.1 Å². The number of anilines is 1. The Hall–Kier alpha value is -3.03. The molecule has 0 radical (unpaired) electrons. The Kier molecular flexibility index (Phi) is 2.96. The molecule has 0 fully saturated rings. The number of hydrogen-bond donors (Lipinski definition) is 2. The summed E-state index contributed by atoms with van der Waals surface area (Å²) in [5, 5.41) is 20.3. The van der Waals surface area contributed by atoms with Crippen LogP contribution in [0.5, 0.6) is 0 Å². The van der Waals surface area contributed by atoms with Crippen LogP contribution < -0.4 is 5.32 Å². The van der Waals surface area contributed by atoms with Gasteiger partial charge in [0, 0.05) is 11.4 Å². The van der Waals surface area contributed by atoms with Crippen LogP contribution in [0.25, 0.3) is 5.69 Å². The molecule has 2 aromatic heterocycles. The lowest BCUT2D eigenvalue weighted by atomic mass is 10.2. The van der Waals surface area contributed by atoms with E-state index in [4.69, 9.17) is 0 Å². The van der Waals surface area contributed by atoms with Crippen molar-refractivity contribution in [3.8, 4) is 5.69 Å². The number of H-pyrrole nitrogens is 1. The van der Waals surface area contributed by atoms with Crippen molar-refractivity contribution >= 4 is 11.6 Å². The van der Waals surface area contributed by atoms with Crippen molar-refractivity contribution in [2.24, 2.45) is 0 Å². The van der Waals surface area contributed by atoms with E-state index in [0.29, 0.717) is 11.3 Å². The van der Waals surface area contributed by atoms with Gasteiger partial charge in [-0.05, 0) is 41.6 Å². The number of amides is 1. The van der Waals surface area contributed by atoms with Gasteiger partial charge in [0.15, 0.2) is 0 Å². The van der Waals surface area contributed by atoms with Crippen LogP contribution in [-0.2, 0) is 0 Å². The largest absolute Gasteiger partial charge is 0.322 e. The van der Waals surface area contributed by atoms with E-state index in [2.05, 4.69) is 31.0 Å². The Balaban J connectivity index is 1.76. The molecule has 8 heteroatoms. The summed E-state index contributed by atoms with van der Waals surface area (Å²) < 4.78 is 1.53. The minimum atomic E-state index is -0.202.